The van der Waals surface area contributed by atoms with Gasteiger partial charge in [0.2, 0.25) is 10.0 Å². The van der Waals surface area contributed by atoms with E-state index < -0.39 is 30.9 Å². The van der Waals surface area contributed by atoms with E-state index in [4.69, 9.17) is 0 Å². The van der Waals surface area contributed by atoms with Gasteiger partial charge in [-0.2, -0.15) is 0 Å². The Morgan fingerprint density at radius 3 is 2.28 bits per heavy atom. The molecule has 0 saturated carbocycles. The van der Waals surface area contributed by atoms with Crippen molar-refractivity contribution in [2.24, 2.45) is 0 Å². The molecule has 0 aliphatic heterocycles. The van der Waals surface area contributed by atoms with Gasteiger partial charge in [-0.3, -0.25) is 0 Å². The van der Waals surface area contributed by atoms with E-state index in [1.165, 1.54) is 24.3 Å². The van der Waals surface area contributed by atoms with Crippen LogP contribution in [-0.2, 0) is 19.9 Å². The number of hydrogen-bond donors (Lipinski definition) is 1. The highest BCUT2D eigenvalue weighted by molar-refractivity contribution is 7.93. The summed E-state index contributed by atoms with van der Waals surface area (Å²) in [6, 6.07) is 13.0. The van der Waals surface area contributed by atoms with Crippen molar-refractivity contribution in [3.8, 4) is 0 Å². The normalized spacial score (nSPS) is 13.3. The van der Waals surface area contributed by atoms with Gasteiger partial charge in [0.15, 0.2) is 9.84 Å². The Morgan fingerprint density at radius 2 is 1.69 bits per heavy atom. The standard InChI is InChI=1S/C20H20FNO4S3/c1-14-5-10-18(15(2)12-14)29(25,26)22-13-19(16-6-8-17(21)9-7-16)28(23,24)20-4-3-11-27-20/h3-12,19,22H,13H2,1-2H3/t19-/m1/s1. The molecule has 3 aromatic rings. The van der Waals surface area contributed by atoms with Crippen LogP contribution in [0, 0.1) is 19.7 Å². The van der Waals surface area contributed by atoms with E-state index in [1.54, 1.807) is 30.5 Å². The molecule has 0 amide bonds. The van der Waals surface area contributed by atoms with Gasteiger partial charge in [-0.1, -0.05) is 35.9 Å². The monoisotopic (exact) mass is 453 g/mol. The minimum absolute atomic E-state index is 0.0921. The molecule has 0 aliphatic rings. The number of sulfonamides is 1. The van der Waals surface area contributed by atoms with Gasteiger partial charge in [-0.05, 0) is 54.6 Å². The zero-order chi connectivity index (χ0) is 21.2. The highest BCUT2D eigenvalue weighted by Gasteiger charge is 2.32. The Morgan fingerprint density at radius 1 is 1.00 bits per heavy atom. The first-order valence-corrected chi connectivity index (χ1v) is 12.6. The molecule has 2 aromatic carbocycles. The second-order valence-corrected chi connectivity index (χ2v) is 11.7. The minimum atomic E-state index is -3.93. The molecule has 29 heavy (non-hydrogen) atoms. The van der Waals surface area contributed by atoms with Crippen molar-refractivity contribution in [1.29, 1.82) is 0 Å². The number of nitrogens with one attached hydrogen (secondary N) is 1. The minimum Gasteiger partial charge on any atom is -0.222 e. The van der Waals surface area contributed by atoms with Gasteiger partial charge >= 0.3 is 0 Å². The van der Waals surface area contributed by atoms with Gasteiger partial charge in [-0.25, -0.2) is 25.9 Å². The second-order valence-electron chi connectivity index (χ2n) is 6.64. The van der Waals surface area contributed by atoms with Crippen LogP contribution >= 0.6 is 11.3 Å². The number of benzene rings is 2. The summed E-state index contributed by atoms with van der Waals surface area (Å²) in [6.45, 7) is 3.16. The maximum absolute atomic E-state index is 13.3. The lowest BCUT2D eigenvalue weighted by Gasteiger charge is -2.19. The third kappa shape index (κ3) is 4.75. The molecule has 0 fully saturated rings. The Bertz CT molecular complexity index is 1200. The lowest BCUT2D eigenvalue weighted by atomic mass is 10.1. The van der Waals surface area contributed by atoms with Gasteiger partial charge in [0.1, 0.15) is 15.3 Å². The predicted octanol–water partition coefficient (Wildman–Crippen LogP) is 4.00. The summed E-state index contributed by atoms with van der Waals surface area (Å²) in [6.07, 6.45) is 0. The molecule has 0 radical (unpaired) electrons. The summed E-state index contributed by atoms with van der Waals surface area (Å²) in [5, 5.41) is 0.441. The van der Waals surface area contributed by atoms with Crippen molar-refractivity contribution in [2.75, 3.05) is 6.54 Å². The van der Waals surface area contributed by atoms with E-state index in [0.717, 1.165) is 29.0 Å². The molecule has 0 aliphatic carbocycles. The summed E-state index contributed by atoms with van der Waals surface area (Å²) >= 11 is 1.05. The number of aryl methyl sites for hydroxylation is 2. The van der Waals surface area contributed by atoms with Crippen LogP contribution in [0.3, 0.4) is 0 Å². The Kier molecular flexibility index (Phi) is 6.23. The maximum Gasteiger partial charge on any atom is 0.240 e. The summed E-state index contributed by atoms with van der Waals surface area (Å²) in [4.78, 5) is 0.0921. The molecular weight excluding hydrogens is 433 g/mol. The molecular formula is C20H20FNO4S3. The molecule has 0 saturated heterocycles. The van der Waals surface area contributed by atoms with Crippen molar-refractivity contribution < 1.29 is 21.2 Å². The average molecular weight is 454 g/mol. The van der Waals surface area contributed by atoms with Crippen LogP contribution in [0.4, 0.5) is 4.39 Å². The molecule has 1 aromatic heterocycles. The number of halogens is 1. The number of sulfone groups is 1. The van der Waals surface area contributed by atoms with Crippen LogP contribution in [0.15, 0.2) is 69.1 Å². The van der Waals surface area contributed by atoms with Crippen molar-refractivity contribution in [1.82, 2.24) is 4.72 Å². The topological polar surface area (TPSA) is 80.3 Å². The molecule has 154 valence electrons. The van der Waals surface area contributed by atoms with Crippen LogP contribution < -0.4 is 4.72 Å². The van der Waals surface area contributed by atoms with E-state index in [0.29, 0.717) is 11.1 Å². The third-order valence-electron chi connectivity index (χ3n) is 4.47. The van der Waals surface area contributed by atoms with E-state index >= 15 is 0 Å². The lowest BCUT2D eigenvalue weighted by Crippen LogP contribution is -2.32. The fourth-order valence-electron chi connectivity index (χ4n) is 3.01. The Hall–Kier alpha value is -2.07. The lowest BCUT2D eigenvalue weighted by molar-refractivity contribution is 0.569. The SMILES string of the molecule is Cc1ccc(S(=O)(=O)NC[C@H](c2ccc(F)cc2)S(=O)(=O)c2cccs2)c(C)c1. The van der Waals surface area contributed by atoms with Crippen molar-refractivity contribution in [2.45, 2.75) is 28.2 Å². The summed E-state index contributed by atoms with van der Waals surface area (Å²) in [7, 11) is -7.81. The van der Waals surface area contributed by atoms with Crippen LogP contribution in [-0.4, -0.2) is 23.4 Å². The van der Waals surface area contributed by atoms with Crippen molar-refractivity contribution in [3.05, 3.63) is 82.5 Å². The molecule has 5 nitrogen and oxygen atoms in total. The first kappa shape index (κ1) is 21.6. The molecule has 9 heteroatoms. The average Bonchev–Trinajstić information content (AvgIpc) is 3.18. The van der Waals surface area contributed by atoms with Crippen molar-refractivity contribution in [3.63, 3.8) is 0 Å². The quantitative estimate of drug-likeness (QED) is 0.586. The van der Waals surface area contributed by atoms with Gasteiger partial charge in [-0.15, -0.1) is 11.3 Å². The van der Waals surface area contributed by atoms with Gasteiger partial charge < -0.3 is 0 Å². The zero-order valence-electron chi connectivity index (χ0n) is 15.8. The van der Waals surface area contributed by atoms with Crippen molar-refractivity contribution >= 4 is 31.2 Å². The number of rotatable bonds is 7. The molecule has 0 bridgehead atoms. The fraction of sp³-hybridized carbons (Fsp3) is 0.200. The van der Waals surface area contributed by atoms with Gasteiger partial charge in [0.05, 0.1) is 4.90 Å². The summed E-state index contributed by atoms with van der Waals surface area (Å²) < 4.78 is 67.7. The Balaban J connectivity index is 1.96. The highest BCUT2D eigenvalue weighted by Crippen LogP contribution is 2.31. The van der Waals surface area contributed by atoms with Gasteiger partial charge in [0, 0.05) is 6.54 Å². The zero-order valence-corrected chi connectivity index (χ0v) is 18.2. The van der Waals surface area contributed by atoms with Crippen LogP contribution in [0.5, 0.6) is 0 Å². The first-order valence-electron chi connectivity index (χ1n) is 8.71. The first-order chi connectivity index (χ1) is 13.6. The van der Waals surface area contributed by atoms with Gasteiger partial charge in [0.25, 0.3) is 0 Å². The molecule has 0 spiro atoms. The Labute approximate surface area is 174 Å². The third-order valence-corrected chi connectivity index (χ3v) is 9.59. The predicted molar refractivity (Wildman–Crippen MR) is 112 cm³/mol. The molecule has 0 unspecified atom stereocenters. The second kappa shape index (κ2) is 8.35. The van der Waals surface area contributed by atoms with Crippen LogP contribution in [0.2, 0.25) is 0 Å². The molecule has 3 rings (SSSR count). The molecule has 1 atom stereocenters. The fourth-order valence-corrected chi connectivity index (χ4v) is 7.26. The van der Waals surface area contributed by atoms with Crippen LogP contribution in [0.1, 0.15) is 21.9 Å². The highest BCUT2D eigenvalue weighted by atomic mass is 32.2. The van der Waals surface area contributed by atoms with E-state index in [9.17, 15) is 21.2 Å². The van der Waals surface area contributed by atoms with E-state index in [2.05, 4.69) is 4.72 Å². The smallest absolute Gasteiger partial charge is 0.222 e. The van der Waals surface area contributed by atoms with E-state index in [1.807, 2.05) is 6.92 Å². The molecule has 1 heterocycles. The summed E-state index contributed by atoms with van der Waals surface area (Å²) in [5.41, 5.74) is 1.80. The maximum atomic E-state index is 13.3. The summed E-state index contributed by atoms with van der Waals surface area (Å²) in [5.74, 6) is -0.503. The largest absolute Gasteiger partial charge is 0.240 e. The van der Waals surface area contributed by atoms with Crippen LogP contribution in [0.25, 0.3) is 0 Å². The van der Waals surface area contributed by atoms with E-state index in [-0.39, 0.29) is 15.6 Å². The number of hydrogen-bond acceptors (Lipinski definition) is 5. The number of thiophene rings is 1. The molecule has 1 N–H and O–H groups in total.